The van der Waals surface area contributed by atoms with Gasteiger partial charge in [0.1, 0.15) is 0 Å². The summed E-state index contributed by atoms with van der Waals surface area (Å²) in [5.74, 6) is 1.35. The molecule has 0 aromatic carbocycles. The van der Waals surface area contributed by atoms with Gasteiger partial charge < -0.3 is 9.80 Å². The van der Waals surface area contributed by atoms with Crippen molar-refractivity contribution in [2.24, 2.45) is 5.92 Å². The van der Waals surface area contributed by atoms with Crippen molar-refractivity contribution in [1.29, 1.82) is 0 Å². The molecule has 3 atom stereocenters. The molecule has 3 rings (SSSR count). The SMILES string of the molecule is C[C@@H]1C[C@@H]2CCCC[C@@H]2N1C(=O)Nc1ccn(CCN(C)C)n1. The van der Waals surface area contributed by atoms with Gasteiger partial charge in [0.05, 0.1) is 6.54 Å². The Morgan fingerprint density at radius 1 is 1.39 bits per heavy atom. The lowest BCUT2D eigenvalue weighted by Crippen LogP contribution is -2.44. The Bertz CT molecular complexity index is 541. The molecule has 2 heterocycles. The lowest BCUT2D eigenvalue weighted by molar-refractivity contribution is 0.168. The first-order valence-electron chi connectivity index (χ1n) is 8.82. The highest BCUT2D eigenvalue weighted by Gasteiger charge is 2.42. The predicted octanol–water partition coefficient (Wildman–Crippen LogP) is 2.63. The Hall–Kier alpha value is -1.56. The number of nitrogens with one attached hydrogen (secondary N) is 1. The van der Waals surface area contributed by atoms with Gasteiger partial charge in [0.25, 0.3) is 0 Å². The van der Waals surface area contributed by atoms with Crippen molar-refractivity contribution in [3.63, 3.8) is 0 Å². The van der Waals surface area contributed by atoms with Crippen LogP contribution in [0.5, 0.6) is 0 Å². The molecule has 23 heavy (non-hydrogen) atoms. The minimum atomic E-state index is 0.0183. The molecule has 1 aromatic rings. The second-order valence-electron chi connectivity index (χ2n) is 7.30. The molecular formula is C17H29N5O. The van der Waals surface area contributed by atoms with E-state index in [-0.39, 0.29) is 6.03 Å². The summed E-state index contributed by atoms with van der Waals surface area (Å²) in [6.45, 7) is 3.93. The molecular weight excluding hydrogens is 290 g/mol. The maximum absolute atomic E-state index is 12.7. The number of likely N-dealkylation sites (N-methyl/N-ethyl adjacent to an activating group) is 1. The van der Waals surface area contributed by atoms with Crippen LogP contribution in [0.3, 0.4) is 0 Å². The van der Waals surface area contributed by atoms with E-state index in [1.54, 1.807) is 0 Å². The second-order valence-corrected chi connectivity index (χ2v) is 7.30. The van der Waals surface area contributed by atoms with E-state index in [4.69, 9.17) is 0 Å². The fraction of sp³-hybridized carbons (Fsp3) is 0.765. The number of hydrogen-bond donors (Lipinski definition) is 1. The van der Waals surface area contributed by atoms with E-state index in [0.717, 1.165) is 25.9 Å². The van der Waals surface area contributed by atoms with Gasteiger partial charge >= 0.3 is 6.03 Å². The number of carbonyl (C=O) groups excluding carboxylic acids is 1. The van der Waals surface area contributed by atoms with Crippen LogP contribution < -0.4 is 5.32 Å². The van der Waals surface area contributed by atoms with E-state index in [1.807, 2.05) is 31.0 Å². The van der Waals surface area contributed by atoms with Crippen LogP contribution in [-0.4, -0.2) is 58.3 Å². The van der Waals surface area contributed by atoms with Crippen molar-refractivity contribution in [3.05, 3.63) is 12.3 Å². The van der Waals surface area contributed by atoms with Gasteiger partial charge in [-0.05, 0) is 46.2 Å². The van der Waals surface area contributed by atoms with Crippen LogP contribution in [0.15, 0.2) is 12.3 Å². The van der Waals surface area contributed by atoms with Gasteiger partial charge in [0, 0.05) is 30.9 Å². The Balaban J connectivity index is 1.60. The maximum Gasteiger partial charge on any atom is 0.323 e. The standard InChI is InChI=1S/C17H29N5O/c1-13-12-14-6-4-5-7-15(14)22(13)17(23)18-16-8-9-21(19-16)11-10-20(2)3/h8-9,13-15H,4-7,10-12H2,1-3H3,(H,18,19,23)/t13-,14+,15+/m1/s1. The Morgan fingerprint density at radius 3 is 2.96 bits per heavy atom. The lowest BCUT2D eigenvalue weighted by atomic mass is 9.85. The third-order valence-corrected chi connectivity index (χ3v) is 5.23. The highest BCUT2D eigenvalue weighted by Crippen LogP contribution is 2.39. The monoisotopic (exact) mass is 319 g/mol. The number of rotatable bonds is 4. The molecule has 6 nitrogen and oxygen atoms in total. The van der Waals surface area contributed by atoms with E-state index in [0.29, 0.717) is 23.8 Å². The zero-order chi connectivity index (χ0) is 16.4. The van der Waals surface area contributed by atoms with E-state index < -0.39 is 0 Å². The van der Waals surface area contributed by atoms with E-state index in [1.165, 1.54) is 19.3 Å². The van der Waals surface area contributed by atoms with Gasteiger partial charge in [0.15, 0.2) is 5.82 Å². The van der Waals surface area contributed by atoms with Gasteiger partial charge in [-0.1, -0.05) is 12.8 Å². The first-order valence-corrected chi connectivity index (χ1v) is 8.82. The largest absolute Gasteiger partial charge is 0.323 e. The van der Waals surface area contributed by atoms with E-state index in [2.05, 4.69) is 27.1 Å². The molecule has 2 amide bonds. The lowest BCUT2D eigenvalue weighted by Gasteiger charge is -2.33. The van der Waals surface area contributed by atoms with Crippen molar-refractivity contribution in [3.8, 4) is 0 Å². The second kappa shape index (κ2) is 6.91. The van der Waals surface area contributed by atoms with Crippen LogP contribution in [0.4, 0.5) is 10.6 Å². The van der Waals surface area contributed by atoms with Crippen LogP contribution in [0.25, 0.3) is 0 Å². The number of likely N-dealkylation sites (tertiary alicyclic amines) is 1. The van der Waals surface area contributed by atoms with Crippen molar-refractivity contribution in [2.45, 2.75) is 57.7 Å². The molecule has 1 N–H and O–H groups in total. The minimum Gasteiger partial charge on any atom is -0.319 e. The number of aromatic nitrogens is 2. The number of nitrogens with zero attached hydrogens (tertiary/aromatic N) is 4. The molecule has 0 radical (unpaired) electrons. The van der Waals surface area contributed by atoms with Crippen molar-refractivity contribution in [1.82, 2.24) is 19.6 Å². The summed E-state index contributed by atoms with van der Waals surface area (Å²) in [7, 11) is 4.09. The van der Waals surface area contributed by atoms with Gasteiger partial charge in [-0.15, -0.1) is 0 Å². The number of hydrogen-bond acceptors (Lipinski definition) is 3. The average Bonchev–Trinajstić information content (AvgIpc) is 3.08. The third-order valence-electron chi connectivity index (χ3n) is 5.23. The molecule has 0 bridgehead atoms. The molecule has 0 spiro atoms. The predicted molar refractivity (Wildman–Crippen MR) is 91.5 cm³/mol. The summed E-state index contributed by atoms with van der Waals surface area (Å²) in [4.78, 5) is 16.9. The molecule has 0 unspecified atom stereocenters. The first kappa shape index (κ1) is 16.3. The number of carbonyl (C=O) groups is 1. The minimum absolute atomic E-state index is 0.0183. The summed E-state index contributed by atoms with van der Waals surface area (Å²) in [5.41, 5.74) is 0. The highest BCUT2D eigenvalue weighted by atomic mass is 16.2. The summed E-state index contributed by atoms with van der Waals surface area (Å²) >= 11 is 0. The molecule has 1 aliphatic carbocycles. The summed E-state index contributed by atoms with van der Waals surface area (Å²) in [6.07, 6.45) is 8.07. The Kier molecular flexibility index (Phi) is 4.90. The van der Waals surface area contributed by atoms with Crippen LogP contribution in [-0.2, 0) is 6.54 Å². The van der Waals surface area contributed by atoms with Crippen LogP contribution in [0.1, 0.15) is 39.0 Å². The number of fused-ring (bicyclic) bond motifs is 1. The van der Waals surface area contributed by atoms with Crippen molar-refractivity contribution >= 4 is 11.8 Å². The van der Waals surface area contributed by atoms with Gasteiger partial charge in [-0.2, -0.15) is 5.10 Å². The fourth-order valence-electron chi connectivity index (χ4n) is 4.09. The third kappa shape index (κ3) is 3.68. The fourth-order valence-corrected chi connectivity index (χ4v) is 4.09. The van der Waals surface area contributed by atoms with E-state index >= 15 is 0 Å². The molecule has 1 aromatic heterocycles. The molecule has 1 saturated carbocycles. The zero-order valence-corrected chi connectivity index (χ0v) is 14.5. The van der Waals surface area contributed by atoms with Gasteiger partial charge in [0.2, 0.25) is 0 Å². The van der Waals surface area contributed by atoms with Crippen LogP contribution in [0, 0.1) is 5.92 Å². The summed E-state index contributed by atoms with van der Waals surface area (Å²) < 4.78 is 1.88. The molecule has 128 valence electrons. The summed E-state index contributed by atoms with van der Waals surface area (Å²) in [6, 6.07) is 2.66. The molecule has 2 aliphatic rings. The van der Waals surface area contributed by atoms with Gasteiger partial charge in [-0.25, -0.2) is 4.79 Å². The van der Waals surface area contributed by atoms with Crippen LogP contribution in [0.2, 0.25) is 0 Å². The smallest absolute Gasteiger partial charge is 0.319 e. The molecule has 1 aliphatic heterocycles. The molecule has 2 fully saturated rings. The number of amides is 2. The zero-order valence-electron chi connectivity index (χ0n) is 14.5. The number of anilines is 1. The van der Waals surface area contributed by atoms with Crippen molar-refractivity contribution < 1.29 is 4.79 Å². The van der Waals surface area contributed by atoms with Crippen molar-refractivity contribution in [2.75, 3.05) is 26.0 Å². The molecule has 1 saturated heterocycles. The Morgan fingerprint density at radius 2 is 2.17 bits per heavy atom. The average molecular weight is 319 g/mol. The van der Waals surface area contributed by atoms with Gasteiger partial charge in [-0.3, -0.25) is 10.00 Å². The maximum atomic E-state index is 12.7. The normalized spacial score (nSPS) is 27.3. The van der Waals surface area contributed by atoms with Crippen LogP contribution >= 0.6 is 0 Å². The molecule has 6 heteroatoms. The quantitative estimate of drug-likeness (QED) is 0.928. The summed E-state index contributed by atoms with van der Waals surface area (Å²) in [5, 5.41) is 7.45. The Labute approximate surface area is 138 Å². The number of urea groups is 1. The topological polar surface area (TPSA) is 53.4 Å². The highest BCUT2D eigenvalue weighted by molar-refractivity contribution is 5.89. The first-order chi connectivity index (χ1) is 11.0. The van der Waals surface area contributed by atoms with E-state index in [9.17, 15) is 4.79 Å².